The summed E-state index contributed by atoms with van der Waals surface area (Å²) in [5.74, 6) is 1.74. The van der Waals surface area contributed by atoms with Crippen molar-refractivity contribution in [3.63, 3.8) is 0 Å². The molecule has 2 amide bonds. The normalized spacial score (nSPS) is 14.9. The van der Waals surface area contributed by atoms with Gasteiger partial charge in [0.05, 0.1) is 6.26 Å². The van der Waals surface area contributed by atoms with E-state index in [1.54, 1.807) is 11.2 Å². The number of carbonyl (C=O) groups excluding carboxylic acids is 1. The van der Waals surface area contributed by atoms with Gasteiger partial charge in [-0.2, -0.15) is 0 Å². The zero-order chi connectivity index (χ0) is 19.6. The molecule has 0 radical (unpaired) electrons. The Kier molecular flexibility index (Phi) is 9.82. The SMILES string of the molecule is I.NC(=O)N1CCC(NC(=NCCc2ccco2)NCCc2ccccc2)CC1. The van der Waals surface area contributed by atoms with E-state index in [2.05, 4.69) is 34.9 Å². The zero-order valence-corrected chi connectivity index (χ0v) is 18.9. The van der Waals surface area contributed by atoms with Gasteiger partial charge in [-0.3, -0.25) is 4.99 Å². The third-order valence-electron chi connectivity index (χ3n) is 4.90. The van der Waals surface area contributed by atoms with Crippen LogP contribution in [0.3, 0.4) is 0 Å². The maximum atomic E-state index is 11.3. The zero-order valence-electron chi connectivity index (χ0n) is 16.5. The average Bonchev–Trinajstić information content (AvgIpc) is 3.22. The minimum absolute atomic E-state index is 0. The van der Waals surface area contributed by atoms with Crippen molar-refractivity contribution in [3.05, 3.63) is 60.1 Å². The standard InChI is InChI=1S/C21H29N5O2.HI/c22-20(27)26-14-10-18(11-15-26)25-21(24-13-9-19-7-4-16-28-19)23-12-8-17-5-2-1-3-6-17;/h1-7,16,18H,8-15H2,(H2,22,27)(H2,23,24,25);1H. The fourth-order valence-corrected chi connectivity index (χ4v) is 3.29. The van der Waals surface area contributed by atoms with Gasteiger partial charge in [0.2, 0.25) is 0 Å². The number of rotatable bonds is 7. The van der Waals surface area contributed by atoms with E-state index in [9.17, 15) is 4.79 Å². The molecular weight excluding hydrogens is 481 g/mol. The number of carbonyl (C=O) groups is 1. The van der Waals surface area contributed by atoms with E-state index >= 15 is 0 Å². The molecule has 1 aromatic heterocycles. The molecule has 1 aliphatic heterocycles. The average molecular weight is 511 g/mol. The van der Waals surface area contributed by atoms with Gasteiger partial charge >= 0.3 is 6.03 Å². The van der Waals surface area contributed by atoms with Gasteiger partial charge in [0, 0.05) is 38.6 Å². The number of nitrogens with two attached hydrogens (primary N) is 1. The highest BCUT2D eigenvalue weighted by molar-refractivity contribution is 14.0. The van der Waals surface area contributed by atoms with E-state index in [1.165, 1.54) is 5.56 Å². The summed E-state index contributed by atoms with van der Waals surface area (Å²) in [5, 5.41) is 6.94. The summed E-state index contributed by atoms with van der Waals surface area (Å²) in [6.45, 7) is 2.80. The molecule has 1 aromatic carbocycles. The van der Waals surface area contributed by atoms with Crippen molar-refractivity contribution in [2.75, 3.05) is 26.2 Å². The maximum Gasteiger partial charge on any atom is 0.314 e. The van der Waals surface area contributed by atoms with Gasteiger partial charge in [0.15, 0.2) is 5.96 Å². The number of hydrogen-bond donors (Lipinski definition) is 3. The molecule has 3 rings (SSSR count). The van der Waals surface area contributed by atoms with Crippen molar-refractivity contribution >= 4 is 36.0 Å². The van der Waals surface area contributed by atoms with Crippen LogP contribution in [0.25, 0.3) is 0 Å². The Morgan fingerprint density at radius 2 is 1.90 bits per heavy atom. The molecule has 158 valence electrons. The predicted octanol–water partition coefficient (Wildman–Crippen LogP) is 2.76. The van der Waals surface area contributed by atoms with E-state index in [1.807, 2.05) is 18.2 Å². The summed E-state index contributed by atoms with van der Waals surface area (Å²) in [5.41, 5.74) is 6.66. The third kappa shape index (κ3) is 7.96. The molecule has 0 aliphatic carbocycles. The lowest BCUT2D eigenvalue weighted by Crippen LogP contribution is -2.51. The van der Waals surface area contributed by atoms with Crippen LogP contribution in [0, 0.1) is 0 Å². The maximum absolute atomic E-state index is 11.3. The first-order valence-electron chi connectivity index (χ1n) is 9.86. The molecule has 8 heteroatoms. The molecule has 2 aromatic rings. The van der Waals surface area contributed by atoms with Gasteiger partial charge in [0.1, 0.15) is 5.76 Å². The fraction of sp³-hybridized carbons (Fsp3) is 0.429. The molecule has 0 saturated carbocycles. The number of nitrogens with zero attached hydrogens (tertiary/aromatic N) is 2. The lowest BCUT2D eigenvalue weighted by atomic mass is 10.1. The molecule has 4 N–H and O–H groups in total. The number of benzene rings is 1. The van der Waals surface area contributed by atoms with E-state index < -0.39 is 0 Å². The fourth-order valence-electron chi connectivity index (χ4n) is 3.29. The smallest absolute Gasteiger partial charge is 0.314 e. The third-order valence-corrected chi connectivity index (χ3v) is 4.90. The monoisotopic (exact) mass is 511 g/mol. The summed E-state index contributed by atoms with van der Waals surface area (Å²) < 4.78 is 5.38. The minimum atomic E-state index is -0.341. The Morgan fingerprint density at radius 1 is 1.14 bits per heavy atom. The number of nitrogens with one attached hydrogen (secondary N) is 2. The number of likely N-dealkylation sites (tertiary alicyclic amines) is 1. The van der Waals surface area contributed by atoms with Gasteiger partial charge in [-0.15, -0.1) is 24.0 Å². The molecule has 2 heterocycles. The second-order valence-corrected chi connectivity index (χ2v) is 6.97. The molecule has 1 fully saturated rings. The van der Waals surface area contributed by atoms with E-state index in [0.29, 0.717) is 19.6 Å². The number of primary amides is 1. The van der Waals surface area contributed by atoms with Crippen LogP contribution in [-0.2, 0) is 12.8 Å². The number of aliphatic imine (C=N–C) groups is 1. The van der Waals surface area contributed by atoms with Crippen LogP contribution in [0.5, 0.6) is 0 Å². The predicted molar refractivity (Wildman–Crippen MR) is 126 cm³/mol. The number of halogens is 1. The number of hydrogen-bond acceptors (Lipinski definition) is 3. The molecule has 1 saturated heterocycles. The number of guanidine groups is 1. The molecule has 0 unspecified atom stereocenters. The summed E-state index contributed by atoms with van der Waals surface area (Å²) in [6, 6.07) is 14.2. The van der Waals surface area contributed by atoms with Gasteiger partial charge < -0.3 is 25.7 Å². The van der Waals surface area contributed by atoms with Gasteiger partial charge in [-0.25, -0.2) is 4.79 Å². The van der Waals surface area contributed by atoms with Crippen molar-refractivity contribution in [1.29, 1.82) is 0 Å². The lowest BCUT2D eigenvalue weighted by Gasteiger charge is -2.32. The highest BCUT2D eigenvalue weighted by Gasteiger charge is 2.21. The number of amides is 2. The first kappa shape index (κ1) is 23.1. The number of urea groups is 1. The molecule has 0 bridgehead atoms. The summed E-state index contributed by atoms with van der Waals surface area (Å²) >= 11 is 0. The summed E-state index contributed by atoms with van der Waals surface area (Å²) in [6.07, 6.45) is 5.10. The Morgan fingerprint density at radius 3 is 2.55 bits per heavy atom. The number of furan rings is 1. The molecule has 0 atom stereocenters. The van der Waals surface area contributed by atoms with E-state index in [-0.39, 0.29) is 36.0 Å². The lowest BCUT2D eigenvalue weighted by molar-refractivity contribution is 0.188. The van der Waals surface area contributed by atoms with Gasteiger partial charge in [-0.1, -0.05) is 30.3 Å². The van der Waals surface area contributed by atoms with Crippen molar-refractivity contribution in [2.45, 2.75) is 31.7 Å². The molecular formula is C21H30IN5O2. The number of piperidine rings is 1. The molecule has 1 aliphatic rings. The van der Waals surface area contributed by atoms with Crippen molar-refractivity contribution in [2.24, 2.45) is 10.7 Å². The highest BCUT2D eigenvalue weighted by atomic mass is 127. The van der Waals surface area contributed by atoms with Crippen molar-refractivity contribution in [1.82, 2.24) is 15.5 Å². The second-order valence-electron chi connectivity index (χ2n) is 6.97. The van der Waals surface area contributed by atoms with Crippen LogP contribution < -0.4 is 16.4 Å². The van der Waals surface area contributed by atoms with Gasteiger partial charge in [0.25, 0.3) is 0 Å². The van der Waals surface area contributed by atoms with E-state index in [0.717, 1.165) is 43.9 Å². The minimum Gasteiger partial charge on any atom is -0.469 e. The van der Waals surface area contributed by atoms with Crippen molar-refractivity contribution in [3.8, 4) is 0 Å². The summed E-state index contributed by atoms with van der Waals surface area (Å²) in [7, 11) is 0. The topological polar surface area (TPSA) is 95.9 Å². The molecule has 29 heavy (non-hydrogen) atoms. The molecule has 0 spiro atoms. The second kappa shape index (κ2) is 12.4. The van der Waals surface area contributed by atoms with Crippen LogP contribution in [0.4, 0.5) is 4.79 Å². The quantitative estimate of drug-likeness (QED) is 0.303. The first-order valence-corrected chi connectivity index (χ1v) is 9.86. The largest absolute Gasteiger partial charge is 0.469 e. The van der Waals surface area contributed by atoms with Crippen LogP contribution in [0.15, 0.2) is 58.1 Å². The van der Waals surface area contributed by atoms with Crippen LogP contribution in [0.2, 0.25) is 0 Å². The summed E-state index contributed by atoms with van der Waals surface area (Å²) in [4.78, 5) is 17.7. The van der Waals surface area contributed by atoms with Gasteiger partial charge in [-0.05, 0) is 37.0 Å². The van der Waals surface area contributed by atoms with Crippen LogP contribution in [-0.4, -0.2) is 49.1 Å². The molecule has 7 nitrogen and oxygen atoms in total. The Hall–Kier alpha value is -2.23. The van der Waals surface area contributed by atoms with E-state index in [4.69, 9.17) is 15.1 Å². The Labute approximate surface area is 189 Å². The first-order chi connectivity index (χ1) is 13.7. The Bertz CT molecular complexity index is 744. The van der Waals surface area contributed by atoms with Crippen LogP contribution in [0.1, 0.15) is 24.2 Å². The highest BCUT2D eigenvalue weighted by Crippen LogP contribution is 2.10. The van der Waals surface area contributed by atoms with Crippen LogP contribution >= 0.6 is 24.0 Å². The Balaban J connectivity index is 0.00000300. The van der Waals surface area contributed by atoms with Crippen molar-refractivity contribution < 1.29 is 9.21 Å².